The molecule has 0 radical (unpaired) electrons. The van der Waals surface area contributed by atoms with Crippen molar-refractivity contribution in [2.75, 3.05) is 19.6 Å². The minimum absolute atomic E-state index is 0.0235. The van der Waals surface area contributed by atoms with Crippen molar-refractivity contribution in [2.24, 2.45) is 17.8 Å². The second-order valence-corrected chi connectivity index (χ2v) is 11.5. The summed E-state index contributed by atoms with van der Waals surface area (Å²) in [6.45, 7) is 8.29. The van der Waals surface area contributed by atoms with Gasteiger partial charge in [-0.2, -0.15) is 0 Å². The van der Waals surface area contributed by atoms with Crippen LogP contribution in [0.3, 0.4) is 0 Å². The van der Waals surface area contributed by atoms with E-state index in [2.05, 4.69) is 17.4 Å². The minimum Gasteiger partial charge on any atom is -0.443 e. The molecule has 5 aliphatic rings. The van der Waals surface area contributed by atoms with Crippen LogP contribution >= 0.6 is 0 Å². The Bertz CT molecular complexity index is 749. The zero-order valence-corrected chi connectivity index (χ0v) is 20.4. The van der Waals surface area contributed by atoms with Gasteiger partial charge in [0.2, 0.25) is 5.91 Å². The minimum atomic E-state index is -1.08. The number of piperazine rings is 1. The Labute approximate surface area is 197 Å². The summed E-state index contributed by atoms with van der Waals surface area (Å²) < 4.78 is 20.4. The first-order chi connectivity index (χ1) is 15.8. The van der Waals surface area contributed by atoms with E-state index in [1.165, 1.54) is 12.8 Å². The van der Waals surface area contributed by atoms with Crippen LogP contribution < -0.4 is 5.43 Å². The molecule has 8 heteroatoms. The zero-order valence-electron chi connectivity index (χ0n) is 20.4. The van der Waals surface area contributed by atoms with Crippen LogP contribution in [0.1, 0.15) is 72.1 Å². The smallest absolute Gasteiger partial charge is 0.410 e. The van der Waals surface area contributed by atoms with Gasteiger partial charge in [0.25, 0.3) is 0 Å². The molecule has 5 rings (SSSR count). The van der Waals surface area contributed by atoms with Crippen molar-refractivity contribution in [3.63, 3.8) is 0 Å². The van der Waals surface area contributed by atoms with E-state index in [1.807, 2.05) is 16.7 Å². The van der Waals surface area contributed by atoms with Gasteiger partial charge in [-0.05, 0) is 76.0 Å². The van der Waals surface area contributed by atoms with Gasteiger partial charge in [0, 0.05) is 38.6 Å². The van der Waals surface area contributed by atoms with E-state index in [0.717, 1.165) is 38.8 Å². The molecule has 1 N–H and O–H groups in total. The lowest BCUT2D eigenvalue weighted by molar-refractivity contribution is -0.143. The van der Waals surface area contributed by atoms with Gasteiger partial charge < -0.3 is 14.5 Å². The Hall–Kier alpha value is -1.41. The number of ether oxygens (including phenoxy) is 1. The van der Waals surface area contributed by atoms with Crippen molar-refractivity contribution in [1.29, 1.82) is 0 Å². The molecule has 2 heterocycles. The predicted octanol–water partition coefficient (Wildman–Crippen LogP) is 3.34. The van der Waals surface area contributed by atoms with Crippen molar-refractivity contribution in [3.8, 4) is 0 Å². The number of fused-ring (bicyclic) bond motifs is 1. The molecule has 33 heavy (non-hydrogen) atoms. The summed E-state index contributed by atoms with van der Waals surface area (Å²) >= 11 is 0. The van der Waals surface area contributed by atoms with Crippen LogP contribution in [0.2, 0.25) is 0 Å². The second-order valence-electron chi connectivity index (χ2n) is 11.5. The Morgan fingerprint density at radius 3 is 2.45 bits per heavy atom. The van der Waals surface area contributed by atoms with Gasteiger partial charge in [-0.3, -0.25) is 10.2 Å². The average Bonchev–Trinajstić information content (AvgIpc) is 3.51. The van der Waals surface area contributed by atoms with Crippen LogP contribution in [0, 0.1) is 17.8 Å². The predicted molar refractivity (Wildman–Crippen MR) is 123 cm³/mol. The van der Waals surface area contributed by atoms with Gasteiger partial charge >= 0.3 is 6.09 Å². The summed E-state index contributed by atoms with van der Waals surface area (Å²) in [6, 6.07) is 0.617. The number of halogens is 1. The van der Waals surface area contributed by atoms with Crippen molar-refractivity contribution in [3.05, 3.63) is 0 Å². The molecule has 2 aliphatic heterocycles. The molecule has 0 aromatic carbocycles. The third-order valence-corrected chi connectivity index (χ3v) is 8.98. The monoisotopic (exact) mass is 464 g/mol. The first-order valence-electron chi connectivity index (χ1n) is 13.2. The molecule has 3 aliphatic carbocycles. The fourth-order valence-electron chi connectivity index (χ4n) is 7.05. The highest BCUT2D eigenvalue weighted by Gasteiger charge is 2.49. The Morgan fingerprint density at radius 2 is 1.73 bits per heavy atom. The molecule has 0 aromatic rings. The van der Waals surface area contributed by atoms with E-state index < -0.39 is 12.3 Å². The van der Waals surface area contributed by atoms with Crippen LogP contribution in [-0.4, -0.2) is 82.9 Å². The second kappa shape index (κ2) is 9.33. The number of carbonyl (C=O) groups is 2. The van der Waals surface area contributed by atoms with E-state index >= 15 is 0 Å². The Balaban J connectivity index is 1.30. The first kappa shape index (κ1) is 23.3. The van der Waals surface area contributed by atoms with E-state index in [4.69, 9.17) is 4.74 Å². The molecule has 0 spiro atoms. The summed E-state index contributed by atoms with van der Waals surface area (Å²) in [5.74, 6) is 1.54. The highest BCUT2D eigenvalue weighted by molar-refractivity contribution is 5.75. The van der Waals surface area contributed by atoms with Crippen LogP contribution in [0.25, 0.3) is 0 Å². The van der Waals surface area contributed by atoms with Gasteiger partial charge in [-0.25, -0.2) is 14.2 Å². The van der Waals surface area contributed by atoms with Crippen molar-refractivity contribution >= 4 is 12.0 Å². The summed E-state index contributed by atoms with van der Waals surface area (Å²) in [7, 11) is 0. The summed E-state index contributed by atoms with van der Waals surface area (Å²) in [5, 5.41) is 2.42. The Morgan fingerprint density at radius 1 is 0.939 bits per heavy atom. The van der Waals surface area contributed by atoms with Crippen LogP contribution in [0.15, 0.2) is 0 Å². The average molecular weight is 465 g/mol. The lowest BCUT2D eigenvalue weighted by atomic mass is 9.73. The molecule has 2 amide bonds. The number of hydrazine groups is 1. The van der Waals surface area contributed by atoms with E-state index in [0.29, 0.717) is 43.2 Å². The summed E-state index contributed by atoms with van der Waals surface area (Å²) in [6.07, 6.45) is 5.26. The number of nitrogens with one attached hydrogen (secondary N) is 1. The third kappa shape index (κ3) is 4.75. The highest BCUT2D eigenvalue weighted by atomic mass is 19.1. The van der Waals surface area contributed by atoms with Crippen LogP contribution in [0.5, 0.6) is 0 Å². The van der Waals surface area contributed by atoms with E-state index in [9.17, 15) is 14.0 Å². The van der Waals surface area contributed by atoms with Gasteiger partial charge in [0.15, 0.2) is 0 Å². The SMILES string of the molecule is CC(=O)N1C2CCC(C3CNN(C4CC4)C3)CC2N(C(=O)OC2CC(C)CCC2F)C[C@@H]1C. The Kier molecular flexibility index (Phi) is 6.60. The van der Waals surface area contributed by atoms with Crippen LogP contribution in [-0.2, 0) is 9.53 Å². The number of rotatable bonds is 3. The number of amides is 2. The van der Waals surface area contributed by atoms with Crippen molar-refractivity contribution < 1.29 is 18.7 Å². The molecular formula is C25H41FN4O3. The number of hydrogen-bond donors (Lipinski definition) is 1. The summed E-state index contributed by atoms with van der Waals surface area (Å²) in [4.78, 5) is 29.8. The van der Waals surface area contributed by atoms with Gasteiger partial charge in [-0.15, -0.1) is 0 Å². The largest absolute Gasteiger partial charge is 0.443 e. The molecular weight excluding hydrogens is 423 g/mol. The number of alkyl halides is 1. The van der Waals surface area contributed by atoms with Gasteiger partial charge in [0.05, 0.1) is 12.1 Å². The lowest BCUT2D eigenvalue weighted by Crippen LogP contribution is -2.67. The van der Waals surface area contributed by atoms with Gasteiger partial charge in [-0.1, -0.05) is 6.92 Å². The van der Waals surface area contributed by atoms with Crippen molar-refractivity contribution in [1.82, 2.24) is 20.2 Å². The molecule has 186 valence electrons. The molecule has 8 atom stereocenters. The fraction of sp³-hybridized carbons (Fsp3) is 0.920. The molecule has 5 fully saturated rings. The normalized spacial score (nSPS) is 42.2. The van der Waals surface area contributed by atoms with Crippen LogP contribution in [0.4, 0.5) is 9.18 Å². The maximum atomic E-state index is 14.5. The fourth-order valence-corrected chi connectivity index (χ4v) is 7.05. The first-order valence-corrected chi connectivity index (χ1v) is 13.2. The summed E-state index contributed by atoms with van der Waals surface area (Å²) in [5.41, 5.74) is 3.59. The number of carbonyl (C=O) groups excluding carboxylic acids is 2. The lowest BCUT2D eigenvalue weighted by Gasteiger charge is -2.54. The quantitative estimate of drug-likeness (QED) is 0.694. The topological polar surface area (TPSA) is 65.1 Å². The molecule has 7 unspecified atom stereocenters. The molecule has 3 saturated carbocycles. The van der Waals surface area contributed by atoms with Crippen molar-refractivity contribution in [2.45, 2.75) is 109 Å². The number of nitrogens with zero attached hydrogens (tertiary/aromatic N) is 3. The maximum Gasteiger partial charge on any atom is 0.410 e. The highest BCUT2D eigenvalue weighted by Crippen LogP contribution is 2.41. The molecule has 0 bridgehead atoms. The maximum absolute atomic E-state index is 14.5. The zero-order chi connectivity index (χ0) is 23.3. The van der Waals surface area contributed by atoms with E-state index in [-0.39, 0.29) is 30.1 Å². The number of hydrogen-bond acceptors (Lipinski definition) is 5. The third-order valence-electron chi connectivity index (χ3n) is 8.98. The van der Waals surface area contributed by atoms with Gasteiger partial charge in [0.1, 0.15) is 12.3 Å². The standard InChI is InChI=1S/C25H41FN4O3/c1-15-4-8-21(26)24(10-15)33-25(32)28-13-16(2)30(17(3)31)22-9-5-18(11-23(22)28)19-12-27-29(14-19)20-6-7-20/h15-16,18-24,27H,4-14H2,1-3H3/t15?,16-,18?,19?,21?,22?,23?,24?/m0/s1. The molecule has 0 aromatic heterocycles. The van der Waals surface area contributed by atoms with E-state index in [1.54, 1.807) is 6.92 Å². The molecule has 2 saturated heterocycles. The molecule has 7 nitrogen and oxygen atoms in total.